The number of carbonyl (C=O) groups excluding carboxylic acids is 6. The largest absolute Gasteiger partial charge is 0.508 e. The van der Waals surface area contributed by atoms with Crippen molar-refractivity contribution in [3.63, 3.8) is 0 Å². The third-order valence-electron chi connectivity index (χ3n) is 12.3. The van der Waals surface area contributed by atoms with Crippen LogP contribution in [-0.4, -0.2) is 206 Å². The maximum atomic E-state index is 14.3. The Bertz CT molecular complexity index is 2490. The fourth-order valence-corrected chi connectivity index (χ4v) is 8.00. The van der Waals surface area contributed by atoms with Crippen molar-refractivity contribution in [3.05, 3.63) is 95.6 Å². The van der Waals surface area contributed by atoms with E-state index in [2.05, 4.69) is 58.2 Å². The Morgan fingerprint density at radius 1 is 0.646 bits per heavy atom. The molecule has 0 spiro atoms. The summed E-state index contributed by atoms with van der Waals surface area (Å²) < 4.78 is 0. The lowest BCUT2D eigenvalue weighted by Gasteiger charge is -2.26. The first kappa shape index (κ1) is 68.0. The number of benzene rings is 3. The summed E-state index contributed by atoms with van der Waals surface area (Å²) in [5, 5.41) is 65.4. The number of guanidine groups is 1. The molecule has 3 aromatic rings. The van der Waals surface area contributed by atoms with E-state index in [1.165, 1.54) is 12.1 Å². The van der Waals surface area contributed by atoms with Crippen molar-refractivity contribution in [2.45, 2.75) is 69.7 Å². The Hall–Kier alpha value is -8.28. The molecule has 4 atom stereocenters. The van der Waals surface area contributed by atoms with Crippen LogP contribution in [-0.2, 0) is 44.9 Å². The van der Waals surface area contributed by atoms with Crippen molar-refractivity contribution in [1.82, 2.24) is 57.7 Å². The van der Waals surface area contributed by atoms with E-state index in [4.69, 9.17) is 16.6 Å². The van der Waals surface area contributed by atoms with E-state index in [0.717, 1.165) is 5.56 Å². The van der Waals surface area contributed by atoms with E-state index in [9.17, 15) is 58.5 Å². The SMILES string of the molecule is CCC(=O)NCCNC(=O)NC(N)=NCCC[C@@H](NC(=O)C(c1ccccc1)c1ccc(NCCNC(=O)[C@H](N)CCCNC(C=O)NCCN(CCN(CCNCC(=O)O)CC(=O)O)CC(=O)O)cc1)C(=O)NCc1ccc(O)cc1. The highest BCUT2D eigenvalue weighted by Crippen LogP contribution is 2.27. The predicted molar refractivity (Wildman–Crippen MR) is 305 cm³/mol. The van der Waals surface area contributed by atoms with Gasteiger partial charge in [-0.3, -0.25) is 64.3 Å². The number of phenols is 1. The van der Waals surface area contributed by atoms with E-state index < -0.39 is 59.9 Å². The number of aldehydes is 1. The molecule has 2 unspecified atom stereocenters. The Labute approximate surface area is 476 Å². The molecule has 3 aromatic carbocycles. The second-order valence-corrected chi connectivity index (χ2v) is 18.8. The number of urea groups is 1. The van der Waals surface area contributed by atoms with Gasteiger partial charge < -0.3 is 73.9 Å². The quantitative estimate of drug-likeness (QED) is 0.00962. The number of carboxylic acids is 3. The van der Waals surface area contributed by atoms with E-state index in [1.54, 1.807) is 65.3 Å². The molecule has 0 fully saturated rings. The fourth-order valence-electron chi connectivity index (χ4n) is 8.00. The number of anilines is 1. The Morgan fingerprint density at radius 3 is 1.90 bits per heavy atom. The van der Waals surface area contributed by atoms with Gasteiger partial charge in [-0.25, -0.2) is 4.79 Å². The Kier molecular flexibility index (Phi) is 32.5. The first-order chi connectivity index (χ1) is 39.4. The number of phenolic OH excluding ortho intramolecular Hbond substituents is 1. The van der Waals surface area contributed by atoms with E-state index in [0.29, 0.717) is 61.9 Å². The van der Waals surface area contributed by atoms with Gasteiger partial charge in [0.25, 0.3) is 0 Å². The summed E-state index contributed by atoms with van der Waals surface area (Å²) in [7, 11) is 0. The van der Waals surface area contributed by atoms with Gasteiger partial charge in [0.2, 0.25) is 23.6 Å². The van der Waals surface area contributed by atoms with Gasteiger partial charge in [-0.15, -0.1) is 0 Å². The van der Waals surface area contributed by atoms with E-state index in [1.807, 2.05) is 18.2 Å². The number of amides is 6. The first-order valence-corrected chi connectivity index (χ1v) is 27.0. The van der Waals surface area contributed by atoms with Gasteiger partial charge in [-0.2, -0.15) is 0 Å². The molecule has 0 aliphatic carbocycles. The summed E-state index contributed by atoms with van der Waals surface area (Å²) in [5.74, 6) is -5.57. The number of nitrogens with two attached hydrogens (primary N) is 2. The van der Waals surface area contributed by atoms with Crippen molar-refractivity contribution >= 4 is 65.5 Å². The molecule has 0 bridgehead atoms. The molecule has 0 heterocycles. The number of nitrogens with zero attached hydrogens (tertiary/aromatic N) is 3. The van der Waals surface area contributed by atoms with Crippen molar-refractivity contribution in [2.24, 2.45) is 16.5 Å². The summed E-state index contributed by atoms with van der Waals surface area (Å²) >= 11 is 0. The lowest BCUT2D eigenvalue weighted by Crippen LogP contribution is -2.48. The number of aliphatic imine (C=N–C) groups is 1. The zero-order valence-corrected chi connectivity index (χ0v) is 46.2. The molecule has 0 saturated carbocycles. The van der Waals surface area contributed by atoms with Gasteiger partial charge in [0.1, 0.15) is 18.0 Å². The van der Waals surface area contributed by atoms with Crippen LogP contribution in [0.3, 0.4) is 0 Å². The van der Waals surface area contributed by atoms with Gasteiger partial charge in [-0.05, 0) is 73.2 Å². The second-order valence-electron chi connectivity index (χ2n) is 18.8. The molecule has 28 heteroatoms. The van der Waals surface area contributed by atoms with Crippen molar-refractivity contribution in [2.75, 3.05) is 103 Å². The normalized spacial score (nSPS) is 12.8. The average molecular weight is 1150 g/mol. The van der Waals surface area contributed by atoms with E-state index in [-0.39, 0.29) is 122 Å². The highest BCUT2D eigenvalue weighted by atomic mass is 16.4. The number of carboxylic acid groups (broad SMARTS) is 3. The van der Waals surface area contributed by atoms with Crippen LogP contribution in [0.1, 0.15) is 61.6 Å². The maximum Gasteiger partial charge on any atom is 0.321 e. The van der Waals surface area contributed by atoms with Gasteiger partial charge in [-0.1, -0.05) is 61.5 Å². The standard InChI is InChI=1S/C54H81N15O13/c1-2-45(72)61-23-25-64-54(82)67-53(56)63-21-7-11-43(51(80)65-32-37-12-18-41(71)19-13-37)66-52(81)49(38-8-4-3-5-9-38)39-14-16-40(17-15-39)58-22-24-62-50(79)42(55)10-6-20-59-44(36-70)60-27-29-69(35-48(77)78)31-30-68(34-47(75)76)28-26-57-33-46(73)74/h3-5,8-9,12-19,36,42-44,49,57-60,71H,2,6-7,10-11,20-35,55H2,1H3,(H,61,72)(H,62,79)(H,65,80)(H,66,81)(H,73,74)(H,75,76)(H,77,78)(H4,56,63,64,67,82)/t42-,43-,44?,49?/m1/s1. The molecule has 0 radical (unpaired) electrons. The second kappa shape index (κ2) is 39.2. The number of nitrogens with one attached hydrogen (secondary N) is 10. The van der Waals surface area contributed by atoms with Gasteiger partial charge in [0.05, 0.1) is 31.6 Å². The molecule has 0 aliphatic heterocycles. The third kappa shape index (κ3) is 29.3. The molecular weight excluding hydrogens is 1070 g/mol. The van der Waals surface area contributed by atoms with Crippen molar-refractivity contribution in [1.29, 1.82) is 0 Å². The molecule has 0 aliphatic rings. The van der Waals surface area contributed by atoms with Crippen molar-refractivity contribution in [3.8, 4) is 5.75 Å². The molecule has 18 N–H and O–H groups in total. The summed E-state index contributed by atoms with van der Waals surface area (Å²) in [4.78, 5) is 117. The first-order valence-electron chi connectivity index (χ1n) is 27.0. The summed E-state index contributed by atoms with van der Waals surface area (Å²) in [6, 6.07) is 20.1. The van der Waals surface area contributed by atoms with Crippen LogP contribution in [0.4, 0.5) is 10.5 Å². The molecular formula is C54H81N15O13. The number of hydrogen-bond donors (Lipinski definition) is 16. The topological polar surface area (TPSA) is 426 Å². The van der Waals surface area contributed by atoms with Crippen LogP contribution in [0.2, 0.25) is 0 Å². The van der Waals surface area contributed by atoms with Crippen LogP contribution in [0, 0.1) is 0 Å². The van der Waals surface area contributed by atoms with Gasteiger partial charge in [0, 0.05) is 90.6 Å². The van der Waals surface area contributed by atoms with Crippen LogP contribution in [0.5, 0.6) is 5.75 Å². The highest BCUT2D eigenvalue weighted by Gasteiger charge is 2.28. The van der Waals surface area contributed by atoms with Crippen LogP contribution in [0.25, 0.3) is 0 Å². The molecule has 28 nitrogen and oxygen atoms in total. The number of rotatable bonds is 42. The minimum Gasteiger partial charge on any atom is -0.508 e. The molecule has 3 rings (SSSR count). The molecule has 450 valence electrons. The average Bonchev–Trinajstić information content (AvgIpc) is 3.57. The summed E-state index contributed by atoms with van der Waals surface area (Å²) in [6.07, 6.45) is 1.39. The summed E-state index contributed by atoms with van der Waals surface area (Å²) in [5.41, 5.74) is 14.8. The zero-order chi connectivity index (χ0) is 60.1. The summed E-state index contributed by atoms with van der Waals surface area (Å²) in [6.45, 7) is 3.62. The predicted octanol–water partition coefficient (Wildman–Crippen LogP) is -1.97. The monoisotopic (exact) mass is 1150 g/mol. The number of carbonyl (C=O) groups is 9. The van der Waals surface area contributed by atoms with Crippen LogP contribution < -0.4 is 64.6 Å². The number of aliphatic carboxylic acids is 3. The number of aromatic hydroxyl groups is 1. The molecule has 0 saturated heterocycles. The number of hydrogen-bond acceptors (Lipinski definition) is 18. The highest BCUT2D eigenvalue weighted by molar-refractivity contribution is 5.95. The molecule has 6 amide bonds. The van der Waals surface area contributed by atoms with Crippen LogP contribution in [0.15, 0.2) is 83.9 Å². The Balaban J connectivity index is 1.50. The lowest BCUT2D eigenvalue weighted by molar-refractivity contribution is -0.140. The van der Waals surface area contributed by atoms with Gasteiger partial charge >= 0.3 is 23.9 Å². The smallest absolute Gasteiger partial charge is 0.321 e. The fraction of sp³-hybridized carbons (Fsp3) is 0.481. The minimum atomic E-state index is -1.09. The molecule has 82 heavy (non-hydrogen) atoms. The lowest BCUT2D eigenvalue weighted by atomic mass is 9.90. The minimum absolute atomic E-state index is 0.0707. The Morgan fingerprint density at radius 2 is 1.27 bits per heavy atom. The molecule has 0 aromatic heterocycles. The third-order valence-corrected chi connectivity index (χ3v) is 12.3. The maximum absolute atomic E-state index is 14.3. The van der Waals surface area contributed by atoms with Crippen molar-refractivity contribution < 1.29 is 63.6 Å². The zero-order valence-electron chi connectivity index (χ0n) is 46.2. The van der Waals surface area contributed by atoms with Gasteiger partial charge in [0.15, 0.2) is 12.2 Å². The van der Waals surface area contributed by atoms with Crippen LogP contribution >= 0.6 is 0 Å². The van der Waals surface area contributed by atoms with E-state index >= 15 is 0 Å².